The summed E-state index contributed by atoms with van der Waals surface area (Å²) in [6.45, 7) is 3.00. The second-order valence-corrected chi connectivity index (χ2v) is 7.82. The van der Waals surface area contributed by atoms with Crippen LogP contribution in [0.15, 0.2) is 41.5 Å². The Kier molecular flexibility index (Phi) is 6.07. The van der Waals surface area contributed by atoms with E-state index in [0.717, 1.165) is 12.1 Å². The van der Waals surface area contributed by atoms with E-state index in [4.69, 9.17) is 20.1 Å². The normalized spacial score (nSPS) is 12.6. The number of Topliss-reactive ketones (excluding diaryl/α,β-unsaturated/α-hetero) is 1. The summed E-state index contributed by atoms with van der Waals surface area (Å²) in [5.74, 6) is 0.132. The highest BCUT2D eigenvalue weighted by atomic mass is 19.1. The number of aryl methyl sites for hydroxylation is 1. The summed E-state index contributed by atoms with van der Waals surface area (Å²) in [7, 11) is 1.32. The topological polar surface area (TPSA) is 158 Å². The number of halogens is 1. The Morgan fingerprint density at radius 1 is 1.08 bits per heavy atom. The number of hydrazone groups is 1. The van der Waals surface area contributed by atoms with E-state index < -0.39 is 51.9 Å². The van der Waals surface area contributed by atoms with Crippen molar-refractivity contribution in [1.29, 1.82) is 0 Å². The number of hydrogen-bond acceptors (Lipinski definition) is 9. The summed E-state index contributed by atoms with van der Waals surface area (Å²) in [6.07, 6.45) is 0. The molecule has 1 aliphatic heterocycles. The number of phenolic OH excluding ortho intramolecular Hbond substituents is 1. The molecule has 0 aromatic heterocycles. The van der Waals surface area contributed by atoms with Gasteiger partial charge in [-0.15, -0.1) is 0 Å². The van der Waals surface area contributed by atoms with Gasteiger partial charge in [-0.2, -0.15) is 5.10 Å². The number of carbonyl (C=O) groups excluding carboxylic acids is 2. The molecule has 3 aromatic carbocycles. The number of methoxy groups -OCH3 is 1. The maximum atomic E-state index is 13.8. The lowest BCUT2D eigenvalue weighted by atomic mass is 9.94. The third-order valence-corrected chi connectivity index (χ3v) is 5.62. The molecule has 3 aromatic rings. The van der Waals surface area contributed by atoms with Crippen LogP contribution in [0.25, 0.3) is 0 Å². The quantitative estimate of drug-likeness (QED) is 0.120. The fraction of sp³-hybridized carbons (Fsp3) is 0.120. The lowest BCUT2D eigenvalue weighted by Gasteiger charge is -2.18. The van der Waals surface area contributed by atoms with Gasteiger partial charge in [0.1, 0.15) is 34.2 Å². The van der Waals surface area contributed by atoms with Crippen molar-refractivity contribution < 1.29 is 43.2 Å². The van der Waals surface area contributed by atoms with Gasteiger partial charge < -0.3 is 30.3 Å². The summed E-state index contributed by atoms with van der Waals surface area (Å²) in [6, 6.07) is 7.03. The highest BCUT2D eigenvalue weighted by Gasteiger charge is 2.36. The van der Waals surface area contributed by atoms with Crippen LogP contribution in [-0.4, -0.2) is 40.8 Å². The number of carboxylic acid groups (broad SMARTS) is 1. The van der Waals surface area contributed by atoms with Gasteiger partial charge in [-0.3, -0.25) is 4.79 Å². The second kappa shape index (κ2) is 9.02. The Morgan fingerprint density at radius 2 is 1.81 bits per heavy atom. The minimum Gasteiger partial charge on any atom is -0.507 e. The summed E-state index contributed by atoms with van der Waals surface area (Å²) in [5.41, 5.74) is -1.26. The molecule has 4 N–H and O–H groups in total. The monoisotopic (exact) mass is 494 g/mol. The van der Waals surface area contributed by atoms with E-state index >= 15 is 0 Å². The maximum Gasteiger partial charge on any atom is 0.347 e. The summed E-state index contributed by atoms with van der Waals surface area (Å²) < 4.78 is 30.4. The van der Waals surface area contributed by atoms with Gasteiger partial charge in [0.05, 0.1) is 12.7 Å². The number of nitrogens with two attached hydrogens (primary N) is 1. The largest absolute Gasteiger partial charge is 0.507 e. The van der Waals surface area contributed by atoms with Crippen LogP contribution in [0.5, 0.6) is 28.7 Å². The third kappa shape index (κ3) is 3.86. The molecule has 0 unspecified atom stereocenters. The highest BCUT2D eigenvalue weighted by molar-refractivity contribution is 6.52. The van der Waals surface area contributed by atoms with Crippen LogP contribution in [-0.2, 0) is 0 Å². The Bertz CT molecular complexity index is 1500. The van der Waals surface area contributed by atoms with Crippen LogP contribution in [0.4, 0.5) is 4.39 Å². The average Bonchev–Trinajstić information content (AvgIpc) is 2.98. The molecule has 0 spiro atoms. The molecule has 0 bridgehead atoms. The van der Waals surface area contributed by atoms with Crippen LogP contribution < -0.4 is 20.1 Å². The zero-order valence-electron chi connectivity index (χ0n) is 19.2. The van der Waals surface area contributed by atoms with Crippen molar-refractivity contribution in [1.82, 2.24) is 0 Å². The molecule has 11 heteroatoms. The van der Waals surface area contributed by atoms with Crippen LogP contribution in [0.3, 0.4) is 0 Å². The molecular formula is C25H19FN2O8. The number of esters is 1. The smallest absolute Gasteiger partial charge is 0.347 e. The Balaban J connectivity index is 2.02. The minimum absolute atomic E-state index is 0.124. The molecule has 0 saturated carbocycles. The van der Waals surface area contributed by atoms with Crippen molar-refractivity contribution in [3.63, 3.8) is 0 Å². The number of fused-ring (bicyclic) bond motifs is 2. The van der Waals surface area contributed by atoms with Gasteiger partial charge in [0.15, 0.2) is 17.2 Å². The molecule has 0 saturated heterocycles. The van der Waals surface area contributed by atoms with Crippen molar-refractivity contribution >= 4 is 23.4 Å². The highest BCUT2D eigenvalue weighted by Crippen LogP contribution is 2.48. The van der Waals surface area contributed by atoms with Gasteiger partial charge in [-0.1, -0.05) is 12.1 Å². The number of carboxylic acids is 1. The Morgan fingerprint density at radius 3 is 2.42 bits per heavy atom. The zero-order valence-corrected chi connectivity index (χ0v) is 19.2. The first kappa shape index (κ1) is 24.2. The van der Waals surface area contributed by atoms with Gasteiger partial charge in [-0.25, -0.2) is 14.0 Å². The number of aromatic hydroxyl groups is 1. The molecule has 0 amide bonds. The first-order valence-electron chi connectivity index (χ1n) is 10.4. The number of ether oxygens (including phenoxy) is 3. The predicted molar refractivity (Wildman–Crippen MR) is 124 cm³/mol. The fourth-order valence-electron chi connectivity index (χ4n) is 3.91. The first-order valence-corrected chi connectivity index (χ1v) is 10.4. The summed E-state index contributed by atoms with van der Waals surface area (Å²) in [5, 5.41) is 24.1. The standard InChI is InChI=1S/C25H19FN2O8/c1-10-7-15(29)18(19(28-27)20(30)12-5-4-6-13(26)8-12)23-17(10)25(33)36-21-11(2)16(34-3)9-14(24(31)32)22(21)35-23/h4-9,29H,27H2,1-3H3,(H,31,32)/b28-19+. The molecule has 4 rings (SSSR count). The number of carbonyl (C=O) groups is 3. The SMILES string of the molecule is COc1cc(C(=O)O)c2c(c1C)OC(=O)c1c(C)cc(O)c(/C(=N\N)C(=O)c3cccc(F)c3)c1O2. The Hall–Kier alpha value is -4.93. The molecule has 0 radical (unpaired) electrons. The molecule has 184 valence electrons. The minimum atomic E-state index is -1.42. The van der Waals surface area contributed by atoms with E-state index in [0.29, 0.717) is 0 Å². The number of rotatable bonds is 5. The molecule has 0 fully saturated rings. The van der Waals surface area contributed by atoms with Crippen LogP contribution in [0.2, 0.25) is 0 Å². The molecule has 0 aliphatic carbocycles. The number of benzene rings is 3. The predicted octanol–water partition coefficient (Wildman–Crippen LogP) is 3.73. The molecular weight excluding hydrogens is 475 g/mol. The average molecular weight is 494 g/mol. The number of nitrogens with zero attached hydrogens (tertiary/aromatic N) is 1. The molecule has 36 heavy (non-hydrogen) atoms. The van der Waals surface area contributed by atoms with Gasteiger partial charge in [-0.05, 0) is 43.7 Å². The van der Waals surface area contributed by atoms with Gasteiger partial charge in [0.25, 0.3) is 0 Å². The van der Waals surface area contributed by atoms with E-state index in [1.54, 1.807) is 0 Å². The molecule has 10 nitrogen and oxygen atoms in total. The third-order valence-electron chi connectivity index (χ3n) is 5.62. The van der Waals surface area contributed by atoms with Crippen molar-refractivity contribution in [2.24, 2.45) is 10.9 Å². The van der Waals surface area contributed by atoms with E-state index in [1.165, 1.54) is 45.2 Å². The van der Waals surface area contributed by atoms with Crippen LogP contribution >= 0.6 is 0 Å². The van der Waals surface area contributed by atoms with Gasteiger partial charge in [0.2, 0.25) is 5.78 Å². The lowest BCUT2D eigenvalue weighted by Crippen LogP contribution is -2.20. The number of ketones is 1. The van der Waals surface area contributed by atoms with Crippen LogP contribution in [0, 0.1) is 19.7 Å². The summed E-state index contributed by atoms with van der Waals surface area (Å²) in [4.78, 5) is 38.4. The number of aromatic carboxylic acids is 1. The van der Waals surface area contributed by atoms with E-state index in [1.807, 2.05) is 0 Å². The van der Waals surface area contributed by atoms with Crippen molar-refractivity contribution in [2.75, 3.05) is 7.11 Å². The first-order chi connectivity index (χ1) is 17.1. The lowest BCUT2D eigenvalue weighted by molar-refractivity contribution is 0.0685. The number of phenols is 1. The Labute approximate surface area is 203 Å². The van der Waals surface area contributed by atoms with Crippen molar-refractivity contribution in [3.05, 3.63) is 75.6 Å². The van der Waals surface area contributed by atoms with E-state index in [-0.39, 0.29) is 39.5 Å². The van der Waals surface area contributed by atoms with Crippen LogP contribution in [0.1, 0.15) is 47.8 Å². The maximum absolute atomic E-state index is 13.8. The van der Waals surface area contributed by atoms with Crippen molar-refractivity contribution in [3.8, 4) is 28.7 Å². The van der Waals surface area contributed by atoms with E-state index in [2.05, 4.69) is 5.10 Å². The fourth-order valence-corrected chi connectivity index (χ4v) is 3.91. The number of hydrogen-bond donors (Lipinski definition) is 3. The molecule has 1 heterocycles. The van der Waals surface area contributed by atoms with E-state index in [9.17, 15) is 29.0 Å². The second-order valence-electron chi connectivity index (χ2n) is 7.82. The van der Waals surface area contributed by atoms with Crippen molar-refractivity contribution in [2.45, 2.75) is 13.8 Å². The molecule has 0 atom stereocenters. The van der Waals surface area contributed by atoms with Gasteiger partial charge in [0, 0.05) is 11.1 Å². The molecule has 1 aliphatic rings. The van der Waals surface area contributed by atoms with Gasteiger partial charge >= 0.3 is 11.9 Å². The summed E-state index contributed by atoms with van der Waals surface area (Å²) >= 11 is 0. The zero-order chi connectivity index (χ0) is 26.3.